The van der Waals surface area contributed by atoms with E-state index in [4.69, 9.17) is 9.72 Å². The van der Waals surface area contributed by atoms with Gasteiger partial charge in [-0.2, -0.15) is 0 Å². The molecule has 0 saturated carbocycles. The Bertz CT molecular complexity index is 1090. The molecule has 1 spiro atoms. The summed E-state index contributed by atoms with van der Waals surface area (Å²) in [6.07, 6.45) is 5.55. The lowest BCUT2D eigenvalue weighted by Gasteiger charge is -2.29. The number of aromatic nitrogens is 4. The summed E-state index contributed by atoms with van der Waals surface area (Å²) in [7, 11) is 2.09. The molecule has 8 nitrogen and oxygen atoms in total. The lowest BCUT2D eigenvalue weighted by atomic mass is 9.73. The monoisotopic (exact) mass is 406 g/mol. The number of hydrogen-bond acceptors (Lipinski definition) is 5. The van der Waals surface area contributed by atoms with Crippen molar-refractivity contribution in [3.05, 3.63) is 48.3 Å². The first-order valence-corrected chi connectivity index (χ1v) is 10.7. The van der Waals surface area contributed by atoms with Gasteiger partial charge in [-0.25, -0.2) is 9.97 Å². The van der Waals surface area contributed by atoms with Crippen molar-refractivity contribution in [2.45, 2.75) is 31.1 Å². The van der Waals surface area contributed by atoms with Crippen LogP contribution in [0, 0.1) is 11.8 Å². The Labute approximate surface area is 174 Å². The predicted molar refractivity (Wildman–Crippen MR) is 111 cm³/mol. The zero-order chi connectivity index (χ0) is 20.3. The van der Waals surface area contributed by atoms with E-state index in [0.717, 1.165) is 43.8 Å². The van der Waals surface area contributed by atoms with Crippen LogP contribution < -0.4 is 5.32 Å². The quantitative estimate of drug-likeness (QED) is 0.674. The molecule has 8 heteroatoms. The van der Waals surface area contributed by atoms with Crippen LogP contribution >= 0.6 is 0 Å². The third-order valence-electron chi connectivity index (χ3n) is 7.34. The predicted octanol–water partition coefficient (Wildman–Crippen LogP) is 1.71. The molecule has 4 atom stereocenters. The van der Waals surface area contributed by atoms with Gasteiger partial charge in [-0.1, -0.05) is 12.1 Å². The summed E-state index contributed by atoms with van der Waals surface area (Å²) in [5, 5.41) is 3.09. The minimum absolute atomic E-state index is 0.0569. The highest BCUT2D eigenvalue weighted by molar-refractivity contribution is 5.91. The Hall–Kier alpha value is -2.71. The van der Waals surface area contributed by atoms with Gasteiger partial charge < -0.3 is 19.6 Å². The third-order valence-corrected chi connectivity index (χ3v) is 7.34. The lowest BCUT2D eigenvalue weighted by molar-refractivity contribution is 0.00189. The Kier molecular flexibility index (Phi) is 4.01. The molecule has 3 saturated heterocycles. The molecule has 1 aromatic carbocycles. The number of hydrogen-bond donors (Lipinski definition) is 2. The molecule has 5 heterocycles. The average Bonchev–Trinajstić information content (AvgIpc) is 3.54. The first-order valence-electron chi connectivity index (χ1n) is 10.7. The van der Waals surface area contributed by atoms with E-state index in [1.54, 1.807) is 6.20 Å². The summed E-state index contributed by atoms with van der Waals surface area (Å²) < 4.78 is 8.73. The van der Waals surface area contributed by atoms with Crippen molar-refractivity contribution in [2.24, 2.45) is 18.9 Å². The number of imidazole rings is 2. The van der Waals surface area contributed by atoms with E-state index in [0.29, 0.717) is 24.1 Å². The molecule has 2 bridgehead atoms. The van der Waals surface area contributed by atoms with Gasteiger partial charge in [0.05, 0.1) is 41.8 Å². The minimum Gasteiger partial charge on any atom is -0.370 e. The zero-order valence-corrected chi connectivity index (χ0v) is 17.0. The first kappa shape index (κ1) is 18.1. The average molecular weight is 406 g/mol. The van der Waals surface area contributed by atoms with Crippen molar-refractivity contribution >= 4 is 16.9 Å². The van der Waals surface area contributed by atoms with Crippen LogP contribution in [0.1, 0.15) is 29.2 Å². The van der Waals surface area contributed by atoms with E-state index >= 15 is 0 Å². The first-order chi connectivity index (χ1) is 14.6. The maximum Gasteiger partial charge on any atom is 0.269 e. The molecule has 0 unspecified atom stereocenters. The lowest BCUT2D eigenvalue weighted by Crippen LogP contribution is -2.42. The molecular formula is C22H26N6O2. The Balaban J connectivity index is 1.17. The van der Waals surface area contributed by atoms with Crippen LogP contribution in [0.25, 0.3) is 11.0 Å². The van der Waals surface area contributed by atoms with E-state index in [1.807, 2.05) is 6.07 Å². The summed E-state index contributed by atoms with van der Waals surface area (Å²) >= 11 is 0. The molecule has 2 N–H and O–H groups in total. The highest BCUT2D eigenvalue weighted by atomic mass is 16.5. The molecule has 1 amide bonds. The van der Waals surface area contributed by atoms with Crippen LogP contribution in [0.3, 0.4) is 0 Å². The van der Waals surface area contributed by atoms with Gasteiger partial charge >= 0.3 is 0 Å². The summed E-state index contributed by atoms with van der Waals surface area (Å²) in [4.78, 5) is 26.5. The van der Waals surface area contributed by atoms with E-state index < -0.39 is 0 Å². The molecule has 3 aliphatic heterocycles. The highest BCUT2D eigenvalue weighted by Gasteiger charge is 2.62. The van der Waals surface area contributed by atoms with Gasteiger partial charge in [-0.05, 0) is 25.0 Å². The van der Waals surface area contributed by atoms with Crippen molar-refractivity contribution < 1.29 is 9.53 Å². The Morgan fingerprint density at radius 2 is 2.30 bits per heavy atom. The molecule has 30 heavy (non-hydrogen) atoms. The molecule has 0 radical (unpaired) electrons. The number of aryl methyl sites for hydroxylation is 1. The van der Waals surface area contributed by atoms with E-state index in [1.165, 1.54) is 11.8 Å². The second kappa shape index (κ2) is 6.65. The Morgan fingerprint density at radius 3 is 3.13 bits per heavy atom. The van der Waals surface area contributed by atoms with Gasteiger partial charge in [-0.15, -0.1) is 0 Å². The van der Waals surface area contributed by atoms with Crippen LogP contribution in [0.5, 0.6) is 0 Å². The molecule has 3 fully saturated rings. The fourth-order valence-electron chi connectivity index (χ4n) is 5.90. The molecule has 156 valence electrons. The molecule has 0 aliphatic carbocycles. The fourth-order valence-corrected chi connectivity index (χ4v) is 5.90. The van der Waals surface area contributed by atoms with Gasteiger partial charge in [0.15, 0.2) is 0 Å². The van der Waals surface area contributed by atoms with Crippen LogP contribution in [0.15, 0.2) is 36.8 Å². The van der Waals surface area contributed by atoms with Gasteiger partial charge in [0.2, 0.25) is 0 Å². The van der Waals surface area contributed by atoms with Gasteiger partial charge in [0, 0.05) is 38.5 Å². The SMILES string of the molecule is Cn1c(CN2C[C@@H]3[C@H](CNC(=O)c4cnc[nH]4)[C@H]4CC[C@]3(C2)O4)nc2ccccc21. The van der Waals surface area contributed by atoms with E-state index in [9.17, 15) is 4.79 Å². The fraction of sp³-hybridized carbons (Fsp3) is 0.500. The molecule has 3 aromatic rings. The molecular weight excluding hydrogens is 380 g/mol. The maximum atomic E-state index is 12.3. The van der Waals surface area contributed by atoms with Crippen molar-refractivity contribution in [2.75, 3.05) is 19.6 Å². The number of ether oxygens (including phenoxy) is 1. The number of likely N-dealkylation sites (tertiary alicyclic amines) is 1. The van der Waals surface area contributed by atoms with Crippen LogP contribution in [-0.4, -0.2) is 61.7 Å². The number of benzene rings is 1. The van der Waals surface area contributed by atoms with Crippen LogP contribution in [0.2, 0.25) is 0 Å². The normalized spacial score (nSPS) is 30.2. The number of aromatic amines is 1. The highest BCUT2D eigenvalue weighted by Crippen LogP contribution is 2.54. The number of amides is 1. The summed E-state index contributed by atoms with van der Waals surface area (Å²) in [6.45, 7) is 3.41. The number of rotatable bonds is 5. The number of carbonyl (C=O) groups is 1. The van der Waals surface area contributed by atoms with Crippen molar-refractivity contribution in [3.63, 3.8) is 0 Å². The largest absolute Gasteiger partial charge is 0.370 e. The smallest absolute Gasteiger partial charge is 0.269 e. The van der Waals surface area contributed by atoms with Crippen LogP contribution in [-0.2, 0) is 18.3 Å². The number of carbonyl (C=O) groups excluding carboxylic acids is 1. The van der Waals surface area contributed by atoms with Gasteiger partial charge in [0.25, 0.3) is 5.91 Å². The summed E-state index contributed by atoms with van der Waals surface area (Å²) in [5.41, 5.74) is 2.66. The number of fused-ring (bicyclic) bond motifs is 2. The second-order valence-electron chi connectivity index (χ2n) is 8.95. The van der Waals surface area contributed by atoms with Gasteiger partial charge in [-0.3, -0.25) is 9.69 Å². The Morgan fingerprint density at radius 1 is 1.40 bits per heavy atom. The van der Waals surface area contributed by atoms with Gasteiger partial charge in [0.1, 0.15) is 11.5 Å². The number of H-pyrrole nitrogens is 1. The molecule has 6 rings (SSSR count). The zero-order valence-electron chi connectivity index (χ0n) is 17.0. The van der Waals surface area contributed by atoms with Crippen molar-refractivity contribution in [3.8, 4) is 0 Å². The van der Waals surface area contributed by atoms with Crippen molar-refractivity contribution in [1.29, 1.82) is 0 Å². The van der Waals surface area contributed by atoms with Crippen LogP contribution in [0.4, 0.5) is 0 Å². The standard InChI is InChI=1S/C22H26N6O2/c1-27-18-5-3-2-4-16(18)26-20(27)11-28-10-15-14(19-6-7-22(15,12-28)30-19)8-24-21(29)17-9-23-13-25-17/h2-5,9,13-15,19H,6-8,10-12H2,1H3,(H,23,25)(H,24,29)/t14-,15+,19+,22+/m0/s1. The van der Waals surface area contributed by atoms with E-state index in [-0.39, 0.29) is 17.6 Å². The summed E-state index contributed by atoms with van der Waals surface area (Å²) in [5.74, 6) is 1.80. The number of nitrogens with one attached hydrogen (secondary N) is 2. The third kappa shape index (κ3) is 2.70. The number of nitrogens with zero attached hydrogens (tertiary/aromatic N) is 4. The minimum atomic E-state index is -0.0983. The topological polar surface area (TPSA) is 88.1 Å². The van der Waals surface area contributed by atoms with E-state index in [2.05, 4.69) is 50.0 Å². The maximum absolute atomic E-state index is 12.3. The number of para-hydroxylation sites is 2. The molecule has 3 aliphatic rings. The summed E-state index contributed by atoms with van der Waals surface area (Å²) in [6, 6.07) is 8.28. The van der Waals surface area contributed by atoms with Crippen molar-refractivity contribution in [1.82, 2.24) is 29.7 Å². The second-order valence-corrected chi connectivity index (χ2v) is 8.95. The molecule has 2 aromatic heterocycles.